The molecule has 1 amide bonds. The second-order valence-electron chi connectivity index (χ2n) is 5.94. The molecule has 0 bridgehead atoms. The van der Waals surface area contributed by atoms with Gasteiger partial charge in [0.25, 0.3) is 5.91 Å². The normalized spacial score (nSPS) is 11.5. The fourth-order valence-corrected chi connectivity index (χ4v) is 3.65. The number of Topliss-reactive ketones (excluding diaryl/α,β-unsaturated/α-hetero) is 1. The van der Waals surface area contributed by atoms with Crippen LogP contribution in [0.25, 0.3) is 0 Å². The number of ketones is 1. The third kappa shape index (κ3) is 4.69. The number of para-hydroxylation sites is 2. The lowest BCUT2D eigenvalue weighted by atomic mass is 10.1. The van der Waals surface area contributed by atoms with Crippen molar-refractivity contribution >= 4 is 34.0 Å². The van der Waals surface area contributed by atoms with E-state index in [0.29, 0.717) is 21.9 Å². The number of carbonyl (C=O) groups is 3. The zero-order valence-electron chi connectivity index (χ0n) is 16.5. The molecule has 0 unspecified atom stereocenters. The Morgan fingerprint density at radius 1 is 1.18 bits per heavy atom. The first-order valence-electron chi connectivity index (χ1n) is 8.72. The quantitative estimate of drug-likeness (QED) is 0.530. The van der Waals surface area contributed by atoms with E-state index >= 15 is 0 Å². The number of anilines is 1. The molecular formula is C20H23NO6S. The van der Waals surface area contributed by atoms with Crippen LogP contribution >= 0.6 is 11.3 Å². The van der Waals surface area contributed by atoms with Crippen LogP contribution in [0.2, 0.25) is 0 Å². The summed E-state index contributed by atoms with van der Waals surface area (Å²) in [4.78, 5) is 37.2. The molecule has 0 aliphatic carbocycles. The zero-order chi connectivity index (χ0) is 20.8. The van der Waals surface area contributed by atoms with Crippen molar-refractivity contribution < 1.29 is 28.6 Å². The summed E-state index contributed by atoms with van der Waals surface area (Å²) in [5.74, 6) is -0.317. The molecule has 0 saturated heterocycles. The second kappa shape index (κ2) is 9.36. The summed E-state index contributed by atoms with van der Waals surface area (Å²) in [5, 5.41) is 2.95. The van der Waals surface area contributed by atoms with Gasteiger partial charge < -0.3 is 19.5 Å². The van der Waals surface area contributed by atoms with Gasteiger partial charge in [-0.3, -0.25) is 9.59 Å². The van der Waals surface area contributed by atoms with Crippen LogP contribution in [0.4, 0.5) is 5.00 Å². The van der Waals surface area contributed by atoms with E-state index in [1.807, 2.05) is 0 Å². The SMILES string of the molecule is CCOC(=O)c1c(NC(=O)[C@@H](C)Oc2ccccc2OC)sc(C(C)=O)c1C. The first-order chi connectivity index (χ1) is 13.3. The first kappa shape index (κ1) is 21.4. The number of hydrogen-bond acceptors (Lipinski definition) is 7. The maximum atomic E-state index is 12.6. The Balaban J connectivity index is 2.26. The second-order valence-corrected chi connectivity index (χ2v) is 6.96. The van der Waals surface area contributed by atoms with Crippen molar-refractivity contribution in [1.29, 1.82) is 0 Å². The van der Waals surface area contributed by atoms with E-state index < -0.39 is 18.0 Å². The zero-order valence-corrected chi connectivity index (χ0v) is 17.3. The van der Waals surface area contributed by atoms with Gasteiger partial charge in [-0.25, -0.2) is 4.79 Å². The molecule has 1 aromatic carbocycles. The average Bonchev–Trinajstić information content (AvgIpc) is 2.98. The number of benzene rings is 1. The Labute approximate surface area is 167 Å². The number of thiophene rings is 1. The molecule has 1 heterocycles. The number of hydrogen-bond donors (Lipinski definition) is 1. The van der Waals surface area contributed by atoms with Crippen LogP contribution in [-0.4, -0.2) is 37.5 Å². The molecule has 1 atom stereocenters. The lowest BCUT2D eigenvalue weighted by molar-refractivity contribution is -0.122. The Kier molecular flexibility index (Phi) is 7.17. The third-order valence-corrected chi connectivity index (χ3v) is 5.23. The lowest BCUT2D eigenvalue weighted by Gasteiger charge is -2.16. The minimum atomic E-state index is -0.866. The van der Waals surface area contributed by atoms with Gasteiger partial charge in [-0.2, -0.15) is 0 Å². The van der Waals surface area contributed by atoms with Crippen molar-refractivity contribution in [2.24, 2.45) is 0 Å². The van der Waals surface area contributed by atoms with Crippen molar-refractivity contribution in [1.82, 2.24) is 0 Å². The van der Waals surface area contributed by atoms with Crippen molar-refractivity contribution in [3.05, 3.63) is 40.3 Å². The standard InChI is InChI=1S/C20H23NO6S/c1-6-26-20(24)16-11(2)17(12(3)22)28-19(16)21-18(23)13(4)27-15-10-8-7-9-14(15)25-5/h7-10,13H,6H2,1-5H3,(H,21,23)/t13-/m1/s1. The molecule has 2 rings (SSSR count). The molecule has 150 valence electrons. The number of amides is 1. The Bertz CT molecular complexity index is 889. The van der Waals surface area contributed by atoms with Crippen LogP contribution in [0, 0.1) is 6.92 Å². The molecule has 0 saturated carbocycles. The Morgan fingerprint density at radius 2 is 1.82 bits per heavy atom. The van der Waals surface area contributed by atoms with Gasteiger partial charge in [0.1, 0.15) is 5.00 Å². The van der Waals surface area contributed by atoms with E-state index in [0.717, 1.165) is 11.3 Å². The van der Waals surface area contributed by atoms with Crippen molar-refractivity contribution in [3.63, 3.8) is 0 Å². The van der Waals surface area contributed by atoms with Gasteiger partial charge in [0.2, 0.25) is 0 Å². The van der Waals surface area contributed by atoms with Gasteiger partial charge in [0.05, 0.1) is 24.2 Å². The largest absolute Gasteiger partial charge is 0.493 e. The molecule has 0 radical (unpaired) electrons. The number of esters is 1. The van der Waals surface area contributed by atoms with Crippen LogP contribution < -0.4 is 14.8 Å². The van der Waals surface area contributed by atoms with Crippen molar-refractivity contribution in [2.45, 2.75) is 33.8 Å². The van der Waals surface area contributed by atoms with Gasteiger partial charge in [-0.15, -0.1) is 11.3 Å². The number of carbonyl (C=O) groups excluding carboxylic acids is 3. The van der Waals surface area contributed by atoms with E-state index in [1.165, 1.54) is 14.0 Å². The average molecular weight is 405 g/mol. The summed E-state index contributed by atoms with van der Waals surface area (Å²) < 4.78 is 16.0. The van der Waals surface area contributed by atoms with Crippen LogP contribution in [-0.2, 0) is 9.53 Å². The van der Waals surface area contributed by atoms with Gasteiger partial charge in [-0.05, 0) is 45.4 Å². The highest BCUT2D eigenvalue weighted by Crippen LogP contribution is 2.34. The monoisotopic (exact) mass is 405 g/mol. The molecular weight excluding hydrogens is 382 g/mol. The van der Waals surface area contributed by atoms with E-state index in [4.69, 9.17) is 14.2 Å². The van der Waals surface area contributed by atoms with Crippen LogP contribution in [0.1, 0.15) is 46.4 Å². The van der Waals surface area contributed by atoms with Crippen molar-refractivity contribution in [2.75, 3.05) is 19.0 Å². The lowest BCUT2D eigenvalue weighted by Crippen LogP contribution is -2.30. The summed E-state index contributed by atoms with van der Waals surface area (Å²) in [6.07, 6.45) is -0.866. The molecule has 0 aliphatic rings. The highest BCUT2D eigenvalue weighted by molar-refractivity contribution is 7.18. The molecule has 8 heteroatoms. The topological polar surface area (TPSA) is 90.9 Å². The Hall–Kier alpha value is -2.87. The highest BCUT2D eigenvalue weighted by Gasteiger charge is 2.27. The highest BCUT2D eigenvalue weighted by atomic mass is 32.1. The molecule has 7 nitrogen and oxygen atoms in total. The van der Waals surface area contributed by atoms with Crippen LogP contribution in [0.3, 0.4) is 0 Å². The van der Waals surface area contributed by atoms with Crippen LogP contribution in [0.15, 0.2) is 24.3 Å². The molecule has 1 N–H and O–H groups in total. The van der Waals surface area contributed by atoms with E-state index in [-0.39, 0.29) is 23.0 Å². The molecule has 0 spiro atoms. The molecule has 28 heavy (non-hydrogen) atoms. The molecule has 0 aliphatic heterocycles. The van der Waals surface area contributed by atoms with Crippen LogP contribution in [0.5, 0.6) is 11.5 Å². The molecule has 1 aromatic heterocycles. The third-order valence-electron chi connectivity index (χ3n) is 3.92. The van der Waals surface area contributed by atoms with Gasteiger partial charge in [0, 0.05) is 0 Å². The van der Waals surface area contributed by atoms with E-state index in [9.17, 15) is 14.4 Å². The summed E-state index contributed by atoms with van der Waals surface area (Å²) in [6.45, 7) is 6.52. The number of methoxy groups -OCH3 is 1. The van der Waals surface area contributed by atoms with Crippen molar-refractivity contribution in [3.8, 4) is 11.5 Å². The predicted molar refractivity (Wildman–Crippen MR) is 107 cm³/mol. The Morgan fingerprint density at radius 3 is 2.39 bits per heavy atom. The molecule has 2 aromatic rings. The maximum absolute atomic E-state index is 12.6. The summed E-state index contributed by atoms with van der Waals surface area (Å²) in [6, 6.07) is 6.97. The smallest absolute Gasteiger partial charge is 0.341 e. The molecule has 0 fully saturated rings. The first-order valence-corrected chi connectivity index (χ1v) is 9.53. The van der Waals surface area contributed by atoms with E-state index in [1.54, 1.807) is 45.0 Å². The number of nitrogens with one attached hydrogen (secondary N) is 1. The minimum Gasteiger partial charge on any atom is -0.493 e. The van der Waals surface area contributed by atoms with Gasteiger partial charge in [0.15, 0.2) is 23.4 Å². The maximum Gasteiger partial charge on any atom is 0.341 e. The van der Waals surface area contributed by atoms with Gasteiger partial charge in [-0.1, -0.05) is 12.1 Å². The van der Waals surface area contributed by atoms with Gasteiger partial charge >= 0.3 is 5.97 Å². The number of ether oxygens (including phenoxy) is 3. The number of rotatable bonds is 8. The summed E-state index contributed by atoms with van der Waals surface area (Å²) >= 11 is 1.05. The minimum absolute atomic E-state index is 0.185. The summed E-state index contributed by atoms with van der Waals surface area (Å²) in [7, 11) is 1.51. The predicted octanol–water partition coefficient (Wildman–Crippen LogP) is 3.85. The summed E-state index contributed by atoms with van der Waals surface area (Å²) in [5.41, 5.74) is 0.680. The fourth-order valence-electron chi connectivity index (χ4n) is 2.56. The fraction of sp³-hybridized carbons (Fsp3) is 0.350. The van der Waals surface area contributed by atoms with E-state index in [2.05, 4.69) is 5.32 Å².